The quantitative estimate of drug-likeness (QED) is 0.468. The highest BCUT2D eigenvalue weighted by atomic mass is 16.6. The van der Waals surface area contributed by atoms with E-state index in [4.69, 9.17) is 21.7 Å². The summed E-state index contributed by atoms with van der Waals surface area (Å²) in [7, 11) is 0. The van der Waals surface area contributed by atoms with Gasteiger partial charge in [0.15, 0.2) is 11.5 Å². The number of nitrogens with two attached hydrogens (primary N) is 1. The van der Waals surface area contributed by atoms with Crippen molar-refractivity contribution in [1.29, 1.82) is 0 Å². The summed E-state index contributed by atoms with van der Waals surface area (Å²) in [5.74, 6) is 9.73. The van der Waals surface area contributed by atoms with Gasteiger partial charge in [-0.3, -0.25) is 11.3 Å². The molecule has 90 valence electrons. The number of fused-ring (bicyclic) bond motifs is 1. The zero-order valence-corrected chi connectivity index (χ0v) is 9.61. The van der Waals surface area contributed by atoms with Gasteiger partial charge in [-0.2, -0.15) is 0 Å². The second kappa shape index (κ2) is 5.58. The van der Waals surface area contributed by atoms with Crippen LogP contribution in [0.3, 0.4) is 0 Å². The standard InChI is InChI=1S/C13H16N2O2/c1-2-3-6-11(15-14)10-5-4-7-12-13(10)17-9-8-16-12/h1,4-5,7,11,15H,3,6,8-9,14H2. The maximum Gasteiger partial charge on any atom is 0.166 e. The molecule has 0 fully saturated rings. The molecule has 2 rings (SSSR count). The summed E-state index contributed by atoms with van der Waals surface area (Å²) in [5.41, 5.74) is 3.77. The maximum atomic E-state index is 5.65. The number of benzene rings is 1. The minimum Gasteiger partial charge on any atom is -0.486 e. The highest BCUT2D eigenvalue weighted by Gasteiger charge is 2.20. The number of nitrogens with one attached hydrogen (secondary N) is 1. The van der Waals surface area contributed by atoms with Gasteiger partial charge in [0.05, 0.1) is 6.04 Å². The molecule has 0 radical (unpaired) electrons. The maximum absolute atomic E-state index is 5.65. The molecule has 0 aromatic heterocycles. The molecule has 1 atom stereocenters. The summed E-state index contributed by atoms with van der Waals surface area (Å²) in [6.45, 7) is 1.15. The van der Waals surface area contributed by atoms with E-state index in [9.17, 15) is 0 Å². The van der Waals surface area contributed by atoms with Crippen molar-refractivity contribution in [2.75, 3.05) is 13.2 Å². The SMILES string of the molecule is C#CCCC(NN)c1cccc2c1OCCO2. The smallest absolute Gasteiger partial charge is 0.166 e. The third kappa shape index (κ3) is 2.52. The first-order chi connectivity index (χ1) is 8.36. The van der Waals surface area contributed by atoms with Gasteiger partial charge in [-0.05, 0) is 12.5 Å². The van der Waals surface area contributed by atoms with Gasteiger partial charge < -0.3 is 9.47 Å². The van der Waals surface area contributed by atoms with E-state index in [-0.39, 0.29) is 6.04 Å². The van der Waals surface area contributed by atoms with E-state index in [2.05, 4.69) is 11.3 Å². The molecule has 1 unspecified atom stereocenters. The molecule has 4 nitrogen and oxygen atoms in total. The Morgan fingerprint density at radius 1 is 1.41 bits per heavy atom. The molecule has 1 aromatic carbocycles. The van der Waals surface area contributed by atoms with Gasteiger partial charge in [0.2, 0.25) is 0 Å². The van der Waals surface area contributed by atoms with Crippen LogP contribution in [-0.2, 0) is 0 Å². The second-order valence-corrected chi connectivity index (χ2v) is 3.83. The lowest BCUT2D eigenvalue weighted by molar-refractivity contribution is 0.168. The number of hydrazine groups is 1. The zero-order valence-electron chi connectivity index (χ0n) is 9.61. The van der Waals surface area contributed by atoms with Crippen LogP contribution in [0.2, 0.25) is 0 Å². The van der Waals surface area contributed by atoms with Crippen LogP contribution in [-0.4, -0.2) is 13.2 Å². The van der Waals surface area contributed by atoms with Gasteiger partial charge in [0, 0.05) is 12.0 Å². The Hall–Kier alpha value is -1.70. The minimum atomic E-state index is -0.0114. The molecule has 1 aliphatic rings. The molecule has 0 spiro atoms. The molecule has 0 aliphatic carbocycles. The lowest BCUT2D eigenvalue weighted by Crippen LogP contribution is -2.29. The molecule has 17 heavy (non-hydrogen) atoms. The van der Waals surface area contributed by atoms with E-state index in [0.717, 1.165) is 23.5 Å². The van der Waals surface area contributed by atoms with Crippen LogP contribution in [0.25, 0.3) is 0 Å². The van der Waals surface area contributed by atoms with Crippen molar-refractivity contribution in [3.8, 4) is 23.8 Å². The molecule has 0 saturated carbocycles. The Morgan fingerprint density at radius 2 is 2.24 bits per heavy atom. The predicted octanol–water partition coefficient (Wildman–Crippen LogP) is 1.38. The number of hydrogen-bond acceptors (Lipinski definition) is 4. The largest absolute Gasteiger partial charge is 0.486 e. The summed E-state index contributed by atoms with van der Waals surface area (Å²) >= 11 is 0. The lowest BCUT2D eigenvalue weighted by Gasteiger charge is -2.24. The van der Waals surface area contributed by atoms with E-state index >= 15 is 0 Å². The van der Waals surface area contributed by atoms with Crippen LogP contribution in [0, 0.1) is 12.3 Å². The zero-order chi connectivity index (χ0) is 12.1. The molecule has 1 heterocycles. The van der Waals surface area contributed by atoms with Crippen LogP contribution in [0.1, 0.15) is 24.4 Å². The predicted molar refractivity (Wildman–Crippen MR) is 65.6 cm³/mol. The molecule has 0 bridgehead atoms. The van der Waals surface area contributed by atoms with Crippen LogP contribution >= 0.6 is 0 Å². The number of terminal acetylenes is 1. The van der Waals surface area contributed by atoms with Gasteiger partial charge >= 0.3 is 0 Å². The number of para-hydroxylation sites is 1. The Bertz CT molecular complexity index is 426. The molecule has 4 heteroatoms. The second-order valence-electron chi connectivity index (χ2n) is 3.83. The fourth-order valence-electron chi connectivity index (χ4n) is 1.93. The van der Waals surface area contributed by atoms with E-state index in [1.807, 2.05) is 18.2 Å². The number of rotatable bonds is 4. The fraction of sp³-hybridized carbons (Fsp3) is 0.385. The molecular formula is C13H16N2O2. The van der Waals surface area contributed by atoms with Crippen LogP contribution in [0.15, 0.2) is 18.2 Å². The van der Waals surface area contributed by atoms with E-state index in [1.165, 1.54) is 0 Å². The van der Waals surface area contributed by atoms with Crippen LogP contribution < -0.4 is 20.7 Å². The van der Waals surface area contributed by atoms with Gasteiger partial charge in [-0.1, -0.05) is 12.1 Å². The molecule has 3 N–H and O–H groups in total. The van der Waals surface area contributed by atoms with Crippen molar-refractivity contribution in [2.45, 2.75) is 18.9 Å². The monoisotopic (exact) mass is 232 g/mol. The van der Waals surface area contributed by atoms with Crippen molar-refractivity contribution in [3.63, 3.8) is 0 Å². The first-order valence-corrected chi connectivity index (χ1v) is 5.65. The van der Waals surface area contributed by atoms with Gasteiger partial charge in [-0.25, -0.2) is 0 Å². The third-order valence-electron chi connectivity index (χ3n) is 2.75. The summed E-state index contributed by atoms with van der Waals surface area (Å²) in [6, 6.07) is 5.80. The highest BCUT2D eigenvalue weighted by molar-refractivity contribution is 5.48. The number of hydrogen-bond donors (Lipinski definition) is 2. The lowest BCUT2D eigenvalue weighted by atomic mass is 10.0. The number of ether oxygens (including phenoxy) is 2. The third-order valence-corrected chi connectivity index (χ3v) is 2.75. The van der Waals surface area contributed by atoms with E-state index in [1.54, 1.807) is 0 Å². The molecule has 0 saturated heterocycles. The van der Waals surface area contributed by atoms with Crippen molar-refractivity contribution < 1.29 is 9.47 Å². The van der Waals surface area contributed by atoms with E-state index < -0.39 is 0 Å². The van der Waals surface area contributed by atoms with Gasteiger partial charge in [0.1, 0.15) is 13.2 Å². The first kappa shape index (κ1) is 11.8. The summed E-state index contributed by atoms with van der Waals surface area (Å²) < 4.78 is 11.2. The summed E-state index contributed by atoms with van der Waals surface area (Å²) in [4.78, 5) is 0. The Balaban J connectivity index is 2.27. The Morgan fingerprint density at radius 3 is 3.00 bits per heavy atom. The molecule has 1 aromatic rings. The molecule has 0 amide bonds. The normalized spacial score (nSPS) is 15.1. The first-order valence-electron chi connectivity index (χ1n) is 5.65. The summed E-state index contributed by atoms with van der Waals surface area (Å²) in [5, 5.41) is 0. The Labute approximate surface area is 101 Å². The van der Waals surface area contributed by atoms with Crippen LogP contribution in [0.4, 0.5) is 0 Å². The van der Waals surface area contributed by atoms with Crippen molar-refractivity contribution in [3.05, 3.63) is 23.8 Å². The fourth-order valence-corrected chi connectivity index (χ4v) is 1.93. The average molecular weight is 232 g/mol. The Kier molecular flexibility index (Phi) is 3.86. The minimum absolute atomic E-state index is 0.0114. The van der Waals surface area contributed by atoms with Crippen LogP contribution in [0.5, 0.6) is 11.5 Å². The van der Waals surface area contributed by atoms with Gasteiger partial charge in [-0.15, -0.1) is 12.3 Å². The summed E-state index contributed by atoms with van der Waals surface area (Å²) in [6.07, 6.45) is 6.71. The van der Waals surface area contributed by atoms with E-state index in [0.29, 0.717) is 19.6 Å². The van der Waals surface area contributed by atoms with Gasteiger partial charge in [0.25, 0.3) is 0 Å². The topological polar surface area (TPSA) is 56.5 Å². The molecular weight excluding hydrogens is 216 g/mol. The molecule has 1 aliphatic heterocycles. The average Bonchev–Trinajstić information content (AvgIpc) is 2.40. The van der Waals surface area contributed by atoms with Crippen molar-refractivity contribution in [2.24, 2.45) is 5.84 Å². The highest BCUT2D eigenvalue weighted by Crippen LogP contribution is 2.37. The van der Waals surface area contributed by atoms with Crippen molar-refractivity contribution in [1.82, 2.24) is 5.43 Å². The van der Waals surface area contributed by atoms with Crippen molar-refractivity contribution >= 4 is 0 Å².